The van der Waals surface area contributed by atoms with Gasteiger partial charge in [0.1, 0.15) is 5.82 Å². The van der Waals surface area contributed by atoms with Crippen LogP contribution in [0.1, 0.15) is 35.5 Å². The molecule has 0 aliphatic carbocycles. The highest BCUT2D eigenvalue weighted by atomic mass is 35.5. The molecule has 0 spiro atoms. The fourth-order valence-electron chi connectivity index (χ4n) is 3.17. The summed E-state index contributed by atoms with van der Waals surface area (Å²) in [6.45, 7) is 0. The number of benzene rings is 2. The van der Waals surface area contributed by atoms with Crippen molar-refractivity contribution in [1.82, 2.24) is 14.8 Å². The van der Waals surface area contributed by atoms with E-state index in [4.69, 9.17) is 11.6 Å². The van der Waals surface area contributed by atoms with Crippen LogP contribution < -0.4 is 5.32 Å². The van der Waals surface area contributed by atoms with Gasteiger partial charge in [-0.2, -0.15) is 18.2 Å². The molecule has 1 aliphatic heterocycles. The second kappa shape index (κ2) is 6.53. The van der Waals surface area contributed by atoms with E-state index in [2.05, 4.69) is 15.4 Å². The van der Waals surface area contributed by atoms with Crippen LogP contribution in [0.15, 0.2) is 48.5 Å². The Balaban J connectivity index is 1.78. The van der Waals surface area contributed by atoms with E-state index in [0.29, 0.717) is 11.4 Å². The molecule has 0 saturated heterocycles. The molecule has 2 heterocycles. The standard InChI is InChI=1S/C18H13ClF4N4/c19-12-5-1-11(2-6-12)15-9-14(10-3-7-13(20)8-4-10)24-17-25-16(18(21,22)23)26-27(15)17/h1-8,14-15H,9H2,(H,24,25,26). The number of anilines is 1. The zero-order valence-corrected chi connectivity index (χ0v) is 14.5. The van der Waals surface area contributed by atoms with Gasteiger partial charge in [0.15, 0.2) is 0 Å². The van der Waals surface area contributed by atoms with Crippen molar-refractivity contribution in [3.63, 3.8) is 0 Å². The minimum Gasteiger partial charge on any atom is -0.348 e. The van der Waals surface area contributed by atoms with Crippen molar-refractivity contribution in [1.29, 1.82) is 0 Å². The van der Waals surface area contributed by atoms with Crippen LogP contribution >= 0.6 is 11.6 Å². The van der Waals surface area contributed by atoms with Crippen LogP contribution in [0.5, 0.6) is 0 Å². The van der Waals surface area contributed by atoms with E-state index in [1.807, 2.05) is 0 Å². The highest BCUT2D eigenvalue weighted by molar-refractivity contribution is 6.30. The van der Waals surface area contributed by atoms with Gasteiger partial charge in [0.2, 0.25) is 5.95 Å². The molecule has 4 nitrogen and oxygen atoms in total. The van der Waals surface area contributed by atoms with E-state index < -0.39 is 18.0 Å². The van der Waals surface area contributed by atoms with Crippen molar-refractivity contribution in [3.05, 3.63) is 76.3 Å². The Morgan fingerprint density at radius 1 is 1.00 bits per heavy atom. The van der Waals surface area contributed by atoms with Crippen LogP contribution in [0.2, 0.25) is 5.02 Å². The Hall–Kier alpha value is -2.61. The minimum absolute atomic E-state index is 0.0165. The predicted molar refractivity (Wildman–Crippen MR) is 92.0 cm³/mol. The normalized spacial score (nSPS) is 19.4. The van der Waals surface area contributed by atoms with Gasteiger partial charge in [-0.3, -0.25) is 0 Å². The highest BCUT2D eigenvalue weighted by Crippen LogP contribution is 2.39. The topological polar surface area (TPSA) is 42.7 Å². The molecule has 140 valence electrons. The maximum absolute atomic E-state index is 13.2. The molecule has 3 aromatic rings. The Morgan fingerprint density at radius 3 is 2.26 bits per heavy atom. The van der Waals surface area contributed by atoms with Crippen molar-refractivity contribution in [2.24, 2.45) is 0 Å². The molecule has 1 aliphatic rings. The zero-order chi connectivity index (χ0) is 19.2. The van der Waals surface area contributed by atoms with Crippen molar-refractivity contribution >= 4 is 17.5 Å². The molecule has 1 N–H and O–H groups in total. The molecular formula is C18H13ClF4N4. The fourth-order valence-corrected chi connectivity index (χ4v) is 3.30. The van der Waals surface area contributed by atoms with Gasteiger partial charge in [0.05, 0.1) is 12.1 Å². The van der Waals surface area contributed by atoms with E-state index >= 15 is 0 Å². The molecular weight excluding hydrogens is 384 g/mol. The van der Waals surface area contributed by atoms with Crippen LogP contribution in [-0.2, 0) is 6.18 Å². The second-order valence-electron chi connectivity index (χ2n) is 6.25. The predicted octanol–water partition coefficient (Wildman–Crippen LogP) is 5.24. The molecule has 0 amide bonds. The summed E-state index contributed by atoms with van der Waals surface area (Å²) in [6, 6.07) is 11.9. The minimum atomic E-state index is -4.65. The number of rotatable bonds is 2. The Labute approximate surface area is 156 Å². The van der Waals surface area contributed by atoms with Crippen LogP contribution in [0.25, 0.3) is 0 Å². The number of hydrogen-bond donors (Lipinski definition) is 1. The van der Waals surface area contributed by atoms with Gasteiger partial charge in [-0.05, 0) is 41.8 Å². The van der Waals surface area contributed by atoms with Crippen molar-refractivity contribution in [2.45, 2.75) is 24.7 Å². The first-order valence-electron chi connectivity index (χ1n) is 8.12. The summed E-state index contributed by atoms with van der Waals surface area (Å²) >= 11 is 5.92. The highest BCUT2D eigenvalue weighted by Gasteiger charge is 2.40. The smallest absolute Gasteiger partial charge is 0.348 e. The van der Waals surface area contributed by atoms with Crippen LogP contribution in [-0.4, -0.2) is 14.8 Å². The van der Waals surface area contributed by atoms with E-state index in [-0.39, 0.29) is 17.8 Å². The van der Waals surface area contributed by atoms with Gasteiger partial charge in [-0.25, -0.2) is 9.07 Å². The van der Waals surface area contributed by atoms with E-state index in [1.54, 1.807) is 36.4 Å². The maximum Gasteiger partial charge on any atom is 0.453 e. The molecule has 9 heteroatoms. The summed E-state index contributed by atoms with van der Waals surface area (Å²) in [7, 11) is 0. The first kappa shape index (κ1) is 17.8. The molecule has 0 saturated carbocycles. The molecule has 2 aromatic carbocycles. The number of aromatic nitrogens is 3. The third-order valence-electron chi connectivity index (χ3n) is 4.47. The van der Waals surface area contributed by atoms with Gasteiger partial charge < -0.3 is 5.32 Å². The average molecular weight is 397 g/mol. The fraction of sp³-hybridized carbons (Fsp3) is 0.222. The molecule has 2 atom stereocenters. The lowest BCUT2D eigenvalue weighted by molar-refractivity contribution is -0.145. The summed E-state index contributed by atoms with van der Waals surface area (Å²) < 4.78 is 53.8. The molecule has 1 aromatic heterocycles. The van der Waals surface area contributed by atoms with Crippen molar-refractivity contribution in [2.75, 3.05) is 5.32 Å². The number of fused-ring (bicyclic) bond motifs is 1. The Bertz CT molecular complexity index is 951. The van der Waals surface area contributed by atoms with E-state index in [1.165, 1.54) is 16.8 Å². The quantitative estimate of drug-likeness (QED) is 0.603. The monoisotopic (exact) mass is 396 g/mol. The van der Waals surface area contributed by atoms with Crippen molar-refractivity contribution in [3.8, 4) is 0 Å². The van der Waals surface area contributed by atoms with Crippen LogP contribution in [0.4, 0.5) is 23.5 Å². The SMILES string of the molecule is Fc1ccc(C2CC(c3ccc(Cl)cc3)n3nc(C(F)(F)F)nc3N2)cc1. The summed E-state index contributed by atoms with van der Waals surface area (Å²) in [5.74, 6) is -1.57. The van der Waals surface area contributed by atoms with E-state index in [9.17, 15) is 17.6 Å². The maximum atomic E-state index is 13.2. The molecule has 0 radical (unpaired) electrons. The third-order valence-corrected chi connectivity index (χ3v) is 4.72. The van der Waals surface area contributed by atoms with Gasteiger partial charge in [-0.1, -0.05) is 35.9 Å². The number of nitrogens with one attached hydrogen (secondary N) is 1. The lowest BCUT2D eigenvalue weighted by atomic mass is 9.93. The van der Waals surface area contributed by atoms with Gasteiger partial charge in [0.25, 0.3) is 5.82 Å². The number of hydrogen-bond acceptors (Lipinski definition) is 3. The largest absolute Gasteiger partial charge is 0.453 e. The Morgan fingerprint density at radius 2 is 1.63 bits per heavy atom. The molecule has 0 bridgehead atoms. The number of nitrogens with zero attached hydrogens (tertiary/aromatic N) is 3. The average Bonchev–Trinajstić information content (AvgIpc) is 3.07. The first-order valence-corrected chi connectivity index (χ1v) is 8.50. The summed E-state index contributed by atoms with van der Waals surface area (Å²) in [5.41, 5.74) is 1.51. The lowest BCUT2D eigenvalue weighted by Crippen LogP contribution is -2.28. The van der Waals surface area contributed by atoms with Gasteiger partial charge in [-0.15, -0.1) is 5.10 Å². The van der Waals surface area contributed by atoms with Crippen molar-refractivity contribution < 1.29 is 17.6 Å². The van der Waals surface area contributed by atoms with Crippen LogP contribution in [0, 0.1) is 5.82 Å². The summed E-state index contributed by atoms with van der Waals surface area (Å²) in [6.07, 6.45) is -4.23. The number of alkyl halides is 3. The zero-order valence-electron chi connectivity index (χ0n) is 13.7. The van der Waals surface area contributed by atoms with Gasteiger partial charge >= 0.3 is 6.18 Å². The second-order valence-corrected chi connectivity index (χ2v) is 6.69. The Kier molecular flexibility index (Phi) is 4.30. The molecule has 27 heavy (non-hydrogen) atoms. The number of halogens is 5. The van der Waals surface area contributed by atoms with Gasteiger partial charge in [0, 0.05) is 5.02 Å². The molecule has 4 rings (SSSR count). The first-order chi connectivity index (χ1) is 12.8. The third kappa shape index (κ3) is 3.49. The van der Waals surface area contributed by atoms with E-state index in [0.717, 1.165) is 11.1 Å². The summed E-state index contributed by atoms with van der Waals surface area (Å²) in [5, 5.41) is 7.17. The van der Waals surface area contributed by atoms with Crippen LogP contribution in [0.3, 0.4) is 0 Å². The summed E-state index contributed by atoms with van der Waals surface area (Å²) in [4.78, 5) is 3.62. The lowest BCUT2D eigenvalue weighted by Gasteiger charge is -2.31. The molecule has 0 fully saturated rings. The molecule has 2 unspecified atom stereocenters.